The molecule has 0 radical (unpaired) electrons. The minimum Gasteiger partial charge on any atom is -0.496 e. The van der Waals surface area contributed by atoms with E-state index in [9.17, 15) is 4.79 Å². The lowest BCUT2D eigenvalue weighted by molar-refractivity contribution is 0.112. The van der Waals surface area contributed by atoms with Gasteiger partial charge in [-0.25, -0.2) is 0 Å². The third kappa shape index (κ3) is 3.37. The topological polar surface area (TPSA) is 38.3 Å². The Morgan fingerprint density at radius 1 is 1.08 bits per heavy atom. The molecule has 1 aromatic heterocycles. The number of aryl methyl sites for hydroxylation is 1. The number of aldehydes is 1. The summed E-state index contributed by atoms with van der Waals surface area (Å²) < 4.78 is 5.68. The summed E-state index contributed by atoms with van der Waals surface area (Å²) in [5, 5.41) is 5.21. The number of hydrogen-bond acceptors (Lipinski definition) is 4. The van der Waals surface area contributed by atoms with Gasteiger partial charge in [-0.1, -0.05) is 37.6 Å². The molecule has 4 heteroatoms. The van der Waals surface area contributed by atoms with Crippen molar-refractivity contribution in [1.29, 1.82) is 0 Å². The van der Waals surface area contributed by atoms with Crippen molar-refractivity contribution in [2.75, 3.05) is 19.5 Å². The van der Waals surface area contributed by atoms with Crippen molar-refractivity contribution >= 4 is 23.3 Å². The summed E-state index contributed by atoms with van der Waals surface area (Å²) in [4.78, 5) is 12.3. The van der Waals surface area contributed by atoms with E-state index >= 15 is 0 Å². The van der Waals surface area contributed by atoms with Crippen LogP contribution in [0.15, 0.2) is 47.8 Å². The molecule has 0 aliphatic heterocycles. The number of carbonyl (C=O) groups is 1. The number of rotatable bonds is 7. The number of benzene rings is 2. The number of anilines is 1. The third-order valence-electron chi connectivity index (χ3n) is 4.51. The van der Waals surface area contributed by atoms with Crippen LogP contribution in [0.2, 0.25) is 0 Å². The van der Waals surface area contributed by atoms with Crippen molar-refractivity contribution < 1.29 is 9.53 Å². The largest absolute Gasteiger partial charge is 0.496 e. The van der Waals surface area contributed by atoms with E-state index in [4.69, 9.17) is 4.74 Å². The molecule has 134 valence electrons. The van der Waals surface area contributed by atoms with Gasteiger partial charge >= 0.3 is 0 Å². The van der Waals surface area contributed by atoms with Crippen molar-refractivity contribution in [3.05, 3.63) is 58.3 Å². The molecule has 0 atom stereocenters. The zero-order valence-corrected chi connectivity index (χ0v) is 16.2. The maximum atomic E-state index is 11.5. The standard InChI is InChI=1S/C22H23NO2S/c1-4-5-15-6-8-16(9-7-15)21-19(25-3)11-10-18(23-2)22(21)17-12-13-26-20(17)14-24/h6-14,23H,4-5H2,1-3H3. The molecule has 0 saturated heterocycles. The lowest BCUT2D eigenvalue weighted by Crippen LogP contribution is -1.98. The zero-order chi connectivity index (χ0) is 18.5. The lowest BCUT2D eigenvalue weighted by atomic mass is 9.91. The second-order valence-corrected chi connectivity index (χ2v) is 7.03. The van der Waals surface area contributed by atoms with E-state index in [0.717, 1.165) is 57.7 Å². The minimum atomic E-state index is 0.721. The van der Waals surface area contributed by atoms with E-state index in [1.54, 1.807) is 7.11 Å². The summed E-state index contributed by atoms with van der Waals surface area (Å²) >= 11 is 1.45. The van der Waals surface area contributed by atoms with E-state index in [0.29, 0.717) is 0 Å². The molecular weight excluding hydrogens is 342 g/mol. The van der Waals surface area contributed by atoms with Crippen LogP contribution in [0.3, 0.4) is 0 Å². The fourth-order valence-corrected chi connectivity index (χ4v) is 3.98. The first-order valence-corrected chi connectivity index (χ1v) is 9.62. The van der Waals surface area contributed by atoms with Crippen LogP contribution >= 0.6 is 11.3 Å². The summed E-state index contributed by atoms with van der Waals surface area (Å²) in [5.74, 6) is 0.797. The third-order valence-corrected chi connectivity index (χ3v) is 5.35. The SMILES string of the molecule is CCCc1ccc(-c2c(OC)ccc(NC)c2-c2ccsc2C=O)cc1. The van der Waals surface area contributed by atoms with Crippen molar-refractivity contribution in [3.8, 4) is 28.0 Å². The molecule has 0 saturated carbocycles. The Labute approximate surface area is 158 Å². The highest BCUT2D eigenvalue weighted by Gasteiger charge is 2.20. The van der Waals surface area contributed by atoms with E-state index in [2.05, 4.69) is 36.5 Å². The van der Waals surface area contributed by atoms with Crippen LogP contribution < -0.4 is 10.1 Å². The van der Waals surface area contributed by atoms with Crippen LogP contribution in [0.4, 0.5) is 5.69 Å². The molecular formula is C22H23NO2S. The second-order valence-electron chi connectivity index (χ2n) is 6.08. The highest BCUT2D eigenvalue weighted by molar-refractivity contribution is 7.12. The van der Waals surface area contributed by atoms with Gasteiger partial charge < -0.3 is 10.1 Å². The molecule has 0 unspecified atom stereocenters. The predicted octanol–water partition coefficient (Wildman–Crippen LogP) is 5.90. The number of ether oxygens (including phenoxy) is 1. The molecule has 26 heavy (non-hydrogen) atoms. The molecule has 3 aromatic rings. The van der Waals surface area contributed by atoms with Gasteiger partial charge in [-0.05, 0) is 41.1 Å². The average molecular weight is 365 g/mol. The Morgan fingerprint density at radius 2 is 1.85 bits per heavy atom. The van der Waals surface area contributed by atoms with Gasteiger partial charge in [-0.2, -0.15) is 0 Å². The average Bonchev–Trinajstić information content (AvgIpc) is 3.16. The molecule has 0 aliphatic carbocycles. The van der Waals surface area contributed by atoms with Crippen LogP contribution in [0.1, 0.15) is 28.6 Å². The van der Waals surface area contributed by atoms with Crippen molar-refractivity contribution in [1.82, 2.24) is 0 Å². The normalized spacial score (nSPS) is 10.6. The van der Waals surface area contributed by atoms with Crippen LogP contribution in [0.5, 0.6) is 5.75 Å². The Kier molecular flexibility index (Phi) is 5.74. The molecule has 3 rings (SSSR count). The number of nitrogens with one attached hydrogen (secondary N) is 1. The number of hydrogen-bond donors (Lipinski definition) is 1. The van der Waals surface area contributed by atoms with Crippen molar-refractivity contribution in [2.24, 2.45) is 0 Å². The first kappa shape index (κ1) is 18.2. The zero-order valence-electron chi connectivity index (χ0n) is 15.3. The Morgan fingerprint density at radius 3 is 2.46 bits per heavy atom. The predicted molar refractivity (Wildman–Crippen MR) is 111 cm³/mol. The highest BCUT2D eigenvalue weighted by atomic mass is 32.1. The number of thiophene rings is 1. The lowest BCUT2D eigenvalue weighted by Gasteiger charge is -2.18. The molecule has 1 heterocycles. The maximum absolute atomic E-state index is 11.5. The maximum Gasteiger partial charge on any atom is 0.160 e. The Bertz CT molecular complexity index is 897. The van der Waals surface area contributed by atoms with Gasteiger partial charge in [-0.3, -0.25) is 4.79 Å². The van der Waals surface area contributed by atoms with E-state index in [1.807, 2.05) is 30.6 Å². The summed E-state index contributed by atoms with van der Waals surface area (Å²) in [6.45, 7) is 2.18. The molecule has 0 bridgehead atoms. The van der Waals surface area contributed by atoms with Crippen LogP contribution in [-0.2, 0) is 6.42 Å². The van der Waals surface area contributed by atoms with Gasteiger partial charge in [0.25, 0.3) is 0 Å². The monoisotopic (exact) mass is 365 g/mol. The summed E-state index contributed by atoms with van der Waals surface area (Å²) in [5.41, 5.74) is 6.31. The molecule has 0 aliphatic rings. The van der Waals surface area contributed by atoms with E-state index in [1.165, 1.54) is 16.9 Å². The summed E-state index contributed by atoms with van der Waals surface area (Å²) in [6, 6.07) is 14.6. The van der Waals surface area contributed by atoms with Crippen LogP contribution in [-0.4, -0.2) is 20.4 Å². The Balaban J connectivity index is 2.27. The smallest absolute Gasteiger partial charge is 0.160 e. The Hall–Kier alpha value is -2.59. The van der Waals surface area contributed by atoms with Crippen LogP contribution in [0, 0.1) is 0 Å². The first-order valence-electron chi connectivity index (χ1n) is 8.74. The van der Waals surface area contributed by atoms with E-state index < -0.39 is 0 Å². The fraction of sp³-hybridized carbons (Fsp3) is 0.227. The minimum absolute atomic E-state index is 0.721. The van der Waals surface area contributed by atoms with E-state index in [-0.39, 0.29) is 0 Å². The van der Waals surface area contributed by atoms with Crippen LogP contribution in [0.25, 0.3) is 22.3 Å². The van der Waals surface area contributed by atoms with Gasteiger partial charge in [0.2, 0.25) is 0 Å². The molecule has 2 aromatic carbocycles. The quantitative estimate of drug-likeness (QED) is 0.530. The van der Waals surface area contributed by atoms with Crippen molar-refractivity contribution in [2.45, 2.75) is 19.8 Å². The summed E-state index contributed by atoms with van der Waals surface area (Å²) in [7, 11) is 3.58. The van der Waals surface area contributed by atoms with Gasteiger partial charge in [0.05, 0.1) is 12.0 Å². The first-order chi connectivity index (χ1) is 12.7. The fourth-order valence-electron chi connectivity index (χ4n) is 3.27. The molecule has 0 fully saturated rings. The summed E-state index contributed by atoms with van der Waals surface area (Å²) in [6.07, 6.45) is 3.12. The van der Waals surface area contributed by atoms with Gasteiger partial charge in [-0.15, -0.1) is 11.3 Å². The molecule has 1 N–H and O–H groups in total. The number of carbonyl (C=O) groups excluding carboxylic acids is 1. The molecule has 3 nitrogen and oxygen atoms in total. The molecule has 0 spiro atoms. The van der Waals surface area contributed by atoms with Gasteiger partial charge in [0, 0.05) is 29.4 Å². The van der Waals surface area contributed by atoms with Gasteiger partial charge in [0.15, 0.2) is 6.29 Å². The molecule has 0 amide bonds. The highest BCUT2D eigenvalue weighted by Crippen LogP contribution is 2.45. The van der Waals surface area contributed by atoms with Gasteiger partial charge in [0.1, 0.15) is 5.75 Å². The number of methoxy groups -OCH3 is 1. The second kappa shape index (κ2) is 8.19. The van der Waals surface area contributed by atoms with Crippen molar-refractivity contribution in [3.63, 3.8) is 0 Å².